The Hall–Kier alpha value is -1.08. The zero-order valence-electron chi connectivity index (χ0n) is 15.0. The third-order valence-electron chi connectivity index (χ3n) is 6.89. The van der Waals surface area contributed by atoms with Crippen LogP contribution in [-0.4, -0.2) is 24.5 Å². The molecule has 0 saturated carbocycles. The molecule has 1 aromatic carbocycles. The monoisotopic (exact) mass is 309 g/mol. The normalized spacial score (nSPS) is 32.3. The van der Waals surface area contributed by atoms with Crippen LogP contribution in [0.4, 0.5) is 0 Å². The number of hydrogen-bond acceptors (Lipinski definition) is 1. The molecule has 4 aliphatic rings. The number of unbranched alkanes of at least 4 members (excludes halogenated alkanes) is 3. The predicted octanol–water partition coefficient (Wildman–Crippen LogP) is 5.35. The number of benzene rings is 1. The van der Waals surface area contributed by atoms with E-state index in [1.165, 1.54) is 45.3 Å². The maximum atomic E-state index is 2.78. The van der Waals surface area contributed by atoms with Crippen molar-refractivity contribution in [2.75, 3.05) is 19.6 Å². The average molecular weight is 309 g/mol. The maximum Gasteiger partial charge on any atom is 0.00950 e. The van der Waals surface area contributed by atoms with Crippen molar-refractivity contribution in [2.45, 2.75) is 58.3 Å². The van der Waals surface area contributed by atoms with Crippen LogP contribution in [0, 0.1) is 11.8 Å². The minimum absolute atomic E-state index is 0.696. The molecule has 0 radical (unpaired) electrons. The molecular formula is C22H31N. The second-order valence-electron chi connectivity index (χ2n) is 8.10. The molecule has 2 bridgehead atoms. The van der Waals surface area contributed by atoms with Gasteiger partial charge < -0.3 is 4.90 Å². The van der Waals surface area contributed by atoms with Gasteiger partial charge in [-0.05, 0) is 49.8 Å². The van der Waals surface area contributed by atoms with Crippen molar-refractivity contribution in [1.29, 1.82) is 0 Å². The summed E-state index contributed by atoms with van der Waals surface area (Å²) >= 11 is 0. The van der Waals surface area contributed by atoms with Gasteiger partial charge in [0.25, 0.3) is 0 Å². The third-order valence-corrected chi connectivity index (χ3v) is 6.89. The van der Waals surface area contributed by atoms with Gasteiger partial charge in [-0.2, -0.15) is 0 Å². The van der Waals surface area contributed by atoms with Gasteiger partial charge in [0.1, 0.15) is 0 Å². The Morgan fingerprint density at radius 1 is 0.870 bits per heavy atom. The lowest BCUT2D eigenvalue weighted by Gasteiger charge is -2.48. The number of nitrogens with zero attached hydrogens (tertiary/aromatic N) is 1. The second kappa shape index (κ2) is 6.09. The van der Waals surface area contributed by atoms with Crippen LogP contribution in [0.15, 0.2) is 35.4 Å². The molecule has 23 heavy (non-hydrogen) atoms. The summed E-state index contributed by atoms with van der Waals surface area (Å²) in [6.45, 7) is 11.1. The molecule has 124 valence electrons. The van der Waals surface area contributed by atoms with E-state index in [9.17, 15) is 0 Å². The Bertz CT molecular complexity index is 567. The van der Waals surface area contributed by atoms with Crippen molar-refractivity contribution in [1.82, 2.24) is 4.90 Å². The second-order valence-corrected chi connectivity index (χ2v) is 8.10. The number of allylic oxidation sites excluding steroid dienone is 2. The van der Waals surface area contributed by atoms with Gasteiger partial charge in [-0.1, -0.05) is 61.6 Å². The van der Waals surface area contributed by atoms with Gasteiger partial charge in [0.05, 0.1) is 0 Å². The smallest absolute Gasteiger partial charge is 0.00950 e. The van der Waals surface area contributed by atoms with Crippen molar-refractivity contribution in [3.8, 4) is 0 Å². The molecule has 0 N–H and O–H groups in total. The first kappa shape index (κ1) is 15.4. The lowest BCUT2D eigenvalue weighted by Crippen LogP contribution is -2.38. The highest BCUT2D eigenvalue weighted by molar-refractivity contribution is 5.52. The molecule has 1 aromatic rings. The fourth-order valence-corrected chi connectivity index (χ4v) is 5.73. The first-order valence-electron chi connectivity index (χ1n) is 9.70. The van der Waals surface area contributed by atoms with E-state index in [1.54, 1.807) is 22.3 Å². The highest BCUT2D eigenvalue weighted by Crippen LogP contribution is 2.59. The van der Waals surface area contributed by atoms with Crippen LogP contribution in [0.5, 0.6) is 0 Å². The molecule has 1 heteroatoms. The van der Waals surface area contributed by atoms with Gasteiger partial charge in [0, 0.05) is 24.9 Å². The van der Waals surface area contributed by atoms with E-state index < -0.39 is 0 Å². The van der Waals surface area contributed by atoms with Crippen molar-refractivity contribution in [3.63, 3.8) is 0 Å². The number of rotatable bonds is 5. The van der Waals surface area contributed by atoms with Crippen LogP contribution < -0.4 is 0 Å². The first-order chi connectivity index (χ1) is 11.2. The Morgan fingerprint density at radius 2 is 1.43 bits per heavy atom. The SMILES string of the molecule is CCCCCCN1C[C@@H]2[C@H](C1)[C@@H]1C(C)=C(C)[C@H]2c2ccccc21. The van der Waals surface area contributed by atoms with E-state index in [0.29, 0.717) is 11.8 Å². The zero-order valence-corrected chi connectivity index (χ0v) is 15.0. The van der Waals surface area contributed by atoms with E-state index in [2.05, 4.69) is 49.9 Å². The largest absolute Gasteiger partial charge is 0.303 e. The topological polar surface area (TPSA) is 3.24 Å². The van der Waals surface area contributed by atoms with Gasteiger partial charge in [-0.25, -0.2) is 0 Å². The highest BCUT2D eigenvalue weighted by atomic mass is 15.2. The molecule has 0 spiro atoms. The number of likely N-dealkylation sites (tertiary alicyclic amines) is 1. The summed E-state index contributed by atoms with van der Waals surface area (Å²) in [5.41, 5.74) is 6.66. The maximum absolute atomic E-state index is 2.78. The van der Waals surface area contributed by atoms with Gasteiger partial charge in [0.2, 0.25) is 0 Å². The molecule has 1 saturated heterocycles. The standard InChI is InChI=1S/C22H31N/c1-4-5-6-9-12-23-13-19-20(14-23)22-16(3)15(2)21(19)17-10-7-8-11-18(17)22/h7-8,10-11,19-22H,4-6,9,12-14H2,1-3H3/t19-,20+,21+,22-. The average Bonchev–Trinajstić information content (AvgIpc) is 2.98. The Balaban J connectivity index is 1.56. The van der Waals surface area contributed by atoms with Crippen molar-refractivity contribution >= 4 is 0 Å². The third kappa shape index (κ3) is 2.39. The minimum Gasteiger partial charge on any atom is -0.303 e. The summed E-state index contributed by atoms with van der Waals surface area (Å²) in [6, 6.07) is 9.30. The molecule has 5 rings (SSSR count). The van der Waals surface area contributed by atoms with Crippen molar-refractivity contribution in [2.24, 2.45) is 11.8 Å². The fraction of sp³-hybridized carbons (Fsp3) is 0.636. The van der Waals surface area contributed by atoms with Gasteiger partial charge in [-0.3, -0.25) is 0 Å². The predicted molar refractivity (Wildman–Crippen MR) is 97.9 cm³/mol. The van der Waals surface area contributed by atoms with Gasteiger partial charge in [-0.15, -0.1) is 0 Å². The molecule has 3 aliphatic carbocycles. The van der Waals surface area contributed by atoms with Crippen LogP contribution >= 0.6 is 0 Å². The Morgan fingerprint density at radius 3 is 1.96 bits per heavy atom. The highest BCUT2D eigenvalue weighted by Gasteiger charge is 2.51. The summed E-state index contributed by atoms with van der Waals surface area (Å²) in [6.07, 6.45) is 5.54. The van der Waals surface area contributed by atoms with Crippen LogP contribution in [0.3, 0.4) is 0 Å². The van der Waals surface area contributed by atoms with E-state index >= 15 is 0 Å². The summed E-state index contributed by atoms with van der Waals surface area (Å²) in [5, 5.41) is 0. The van der Waals surface area contributed by atoms with Crippen LogP contribution in [-0.2, 0) is 0 Å². The molecule has 1 aliphatic heterocycles. The Labute approximate surface area is 141 Å². The molecular weight excluding hydrogens is 278 g/mol. The molecule has 4 atom stereocenters. The van der Waals surface area contributed by atoms with E-state index in [1.807, 2.05) is 0 Å². The lowest BCUT2D eigenvalue weighted by molar-refractivity contribution is 0.288. The summed E-state index contributed by atoms with van der Waals surface area (Å²) in [7, 11) is 0. The summed E-state index contributed by atoms with van der Waals surface area (Å²) in [4.78, 5) is 2.78. The van der Waals surface area contributed by atoms with E-state index in [4.69, 9.17) is 0 Å². The molecule has 0 amide bonds. The first-order valence-corrected chi connectivity index (χ1v) is 9.70. The molecule has 1 nitrogen and oxygen atoms in total. The minimum atomic E-state index is 0.696. The van der Waals surface area contributed by atoms with Crippen LogP contribution in [0.2, 0.25) is 0 Å². The van der Waals surface area contributed by atoms with Gasteiger partial charge in [0.15, 0.2) is 0 Å². The summed E-state index contributed by atoms with van der Waals surface area (Å²) in [5.74, 6) is 3.12. The lowest BCUT2D eigenvalue weighted by atomic mass is 9.56. The van der Waals surface area contributed by atoms with Crippen molar-refractivity contribution < 1.29 is 0 Å². The van der Waals surface area contributed by atoms with Crippen LogP contribution in [0.1, 0.15) is 69.4 Å². The molecule has 1 heterocycles. The van der Waals surface area contributed by atoms with Gasteiger partial charge >= 0.3 is 0 Å². The fourth-order valence-electron chi connectivity index (χ4n) is 5.73. The summed E-state index contributed by atoms with van der Waals surface area (Å²) < 4.78 is 0. The molecule has 0 aromatic heterocycles. The zero-order chi connectivity index (χ0) is 16.0. The van der Waals surface area contributed by atoms with E-state index in [0.717, 1.165) is 11.8 Å². The van der Waals surface area contributed by atoms with E-state index in [-0.39, 0.29) is 0 Å². The number of hydrogen-bond donors (Lipinski definition) is 0. The quantitative estimate of drug-likeness (QED) is 0.524. The molecule has 1 fully saturated rings. The molecule has 0 unspecified atom stereocenters. The van der Waals surface area contributed by atoms with Crippen LogP contribution in [0.25, 0.3) is 0 Å². The Kier molecular flexibility index (Phi) is 4.09. The van der Waals surface area contributed by atoms with Crippen molar-refractivity contribution in [3.05, 3.63) is 46.5 Å².